The van der Waals surface area contributed by atoms with Gasteiger partial charge in [-0.1, -0.05) is 69.7 Å². The highest BCUT2D eigenvalue weighted by molar-refractivity contribution is 8.00. The highest BCUT2D eigenvalue weighted by Crippen LogP contribution is 2.43. The minimum Gasteiger partial charge on any atom is -0.493 e. The number of anilines is 2. The number of alkyl halides is 2. The van der Waals surface area contributed by atoms with Gasteiger partial charge in [0.25, 0.3) is 5.92 Å². The van der Waals surface area contributed by atoms with Gasteiger partial charge >= 0.3 is 0 Å². The molecule has 5 nitrogen and oxygen atoms in total. The Hall–Kier alpha value is -3.65. The largest absolute Gasteiger partial charge is 0.493 e. The highest BCUT2D eigenvalue weighted by Gasteiger charge is 2.34. The Kier molecular flexibility index (Phi) is 8.78. The zero-order valence-corrected chi connectivity index (χ0v) is 24.5. The number of fused-ring (bicyclic) bond motifs is 6. The SMILES string of the molecule is CC(C)(C)COc1cccc(-c2ccc3nc2-c2ccccc2C(F)(F)CCCCCNc2cccc(n2)SN3)c1. The minimum absolute atomic E-state index is 0.00214. The molecule has 0 saturated heterocycles. The van der Waals surface area contributed by atoms with Crippen LogP contribution in [0.1, 0.15) is 52.0 Å². The van der Waals surface area contributed by atoms with Crippen LogP contribution in [-0.4, -0.2) is 23.1 Å². The molecule has 1 aliphatic heterocycles. The van der Waals surface area contributed by atoms with Gasteiger partial charge in [-0.15, -0.1) is 0 Å². The van der Waals surface area contributed by atoms with E-state index in [1.807, 2.05) is 54.6 Å². The third-order valence-electron chi connectivity index (χ3n) is 6.75. The number of pyridine rings is 2. The number of rotatable bonds is 3. The quantitative estimate of drug-likeness (QED) is 0.238. The number of nitrogens with one attached hydrogen (secondary N) is 2. The second-order valence-electron chi connectivity index (χ2n) is 11.5. The first kappa shape index (κ1) is 28.9. The lowest BCUT2D eigenvalue weighted by Crippen LogP contribution is -2.16. The molecule has 8 heteroatoms. The number of halogens is 2. The zero-order valence-electron chi connectivity index (χ0n) is 23.7. The summed E-state index contributed by atoms with van der Waals surface area (Å²) < 4.78 is 40.9. The van der Waals surface area contributed by atoms with Gasteiger partial charge in [0.05, 0.1) is 12.3 Å². The fraction of sp³-hybridized carbons (Fsp3) is 0.333. The van der Waals surface area contributed by atoms with E-state index in [9.17, 15) is 0 Å². The summed E-state index contributed by atoms with van der Waals surface area (Å²) in [5, 5.41) is 4.08. The van der Waals surface area contributed by atoms with Gasteiger partial charge in [-0.2, -0.15) is 0 Å². The molecule has 2 N–H and O–H groups in total. The van der Waals surface area contributed by atoms with Crippen molar-refractivity contribution in [3.8, 4) is 28.1 Å². The zero-order chi connectivity index (χ0) is 28.9. The van der Waals surface area contributed by atoms with Crippen LogP contribution in [0.2, 0.25) is 0 Å². The predicted molar refractivity (Wildman–Crippen MR) is 165 cm³/mol. The van der Waals surface area contributed by atoms with Crippen molar-refractivity contribution < 1.29 is 13.5 Å². The molecule has 1 aliphatic rings. The van der Waals surface area contributed by atoms with Crippen LogP contribution in [0.5, 0.6) is 5.75 Å². The average Bonchev–Trinajstić information content (AvgIpc) is 2.96. The second kappa shape index (κ2) is 12.5. The minimum atomic E-state index is -3.00. The van der Waals surface area contributed by atoms with Crippen LogP contribution in [0.15, 0.2) is 83.9 Å². The molecule has 0 fully saturated rings. The first-order valence-corrected chi connectivity index (χ1v) is 14.9. The lowest BCUT2D eigenvalue weighted by Gasteiger charge is -2.22. The topological polar surface area (TPSA) is 59.1 Å². The van der Waals surface area contributed by atoms with Crippen LogP contribution in [0.25, 0.3) is 22.4 Å². The van der Waals surface area contributed by atoms with Gasteiger partial charge in [-0.25, -0.2) is 18.7 Å². The smallest absolute Gasteiger partial charge is 0.273 e. The van der Waals surface area contributed by atoms with Crippen LogP contribution in [0.3, 0.4) is 0 Å². The maximum atomic E-state index is 15.8. The van der Waals surface area contributed by atoms with E-state index in [-0.39, 0.29) is 17.4 Å². The van der Waals surface area contributed by atoms with E-state index in [0.717, 1.165) is 34.1 Å². The van der Waals surface area contributed by atoms with Crippen LogP contribution in [-0.2, 0) is 5.92 Å². The molecule has 2 aromatic carbocycles. The fourth-order valence-corrected chi connectivity index (χ4v) is 5.30. The van der Waals surface area contributed by atoms with Crippen LogP contribution >= 0.6 is 11.9 Å². The molecule has 0 atom stereocenters. The Morgan fingerprint density at radius 1 is 0.854 bits per heavy atom. The van der Waals surface area contributed by atoms with Crippen molar-refractivity contribution in [3.05, 3.63) is 84.4 Å². The molecule has 2 aromatic heterocycles. The number of benzene rings is 2. The van der Waals surface area contributed by atoms with Crippen LogP contribution in [0, 0.1) is 5.41 Å². The standard InChI is InChI=1S/C33H36F2N4OS/c1-32(2,3)22-40-24-12-9-11-23(21-24)25-17-18-29-38-31(25)26-13-5-6-14-27(26)33(34,35)19-7-4-8-20-36-28-15-10-16-30(37-28)41-39-29/h5-6,9-18,21H,4,7-8,19-20,22H2,1-3H3,(H,36,37)(H,38,39). The lowest BCUT2D eigenvalue weighted by atomic mass is 9.91. The van der Waals surface area contributed by atoms with Crippen molar-refractivity contribution in [2.45, 2.75) is 57.4 Å². The lowest BCUT2D eigenvalue weighted by molar-refractivity contribution is -0.0151. The van der Waals surface area contributed by atoms with Gasteiger partial charge in [0.15, 0.2) is 0 Å². The Morgan fingerprint density at radius 3 is 2.54 bits per heavy atom. The number of hydrogen-bond donors (Lipinski definition) is 2. The molecule has 0 aliphatic carbocycles. The van der Waals surface area contributed by atoms with E-state index in [2.05, 4.69) is 35.8 Å². The summed E-state index contributed by atoms with van der Waals surface area (Å²) >= 11 is 1.33. The van der Waals surface area contributed by atoms with Gasteiger partial charge in [0.1, 0.15) is 22.4 Å². The van der Waals surface area contributed by atoms with Gasteiger partial charge in [0, 0.05) is 41.6 Å². The van der Waals surface area contributed by atoms with E-state index in [0.29, 0.717) is 43.1 Å². The molecule has 4 aromatic rings. The second-order valence-corrected chi connectivity index (χ2v) is 12.3. The van der Waals surface area contributed by atoms with Crippen molar-refractivity contribution in [2.24, 2.45) is 5.41 Å². The van der Waals surface area contributed by atoms with E-state index in [1.54, 1.807) is 18.2 Å². The highest BCUT2D eigenvalue weighted by atomic mass is 32.2. The summed E-state index contributed by atoms with van der Waals surface area (Å²) in [4.78, 5) is 9.57. The van der Waals surface area contributed by atoms with Crippen LogP contribution in [0.4, 0.5) is 20.4 Å². The summed E-state index contributed by atoms with van der Waals surface area (Å²) in [7, 11) is 0. The Balaban J connectivity index is 1.59. The van der Waals surface area contributed by atoms with E-state index in [4.69, 9.17) is 9.72 Å². The third-order valence-corrected chi connectivity index (χ3v) is 7.49. The molecular weight excluding hydrogens is 538 g/mol. The maximum Gasteiger partial charge on any atom is 0.273 e. The first-order valence-electron chi connectivity index (χ1n) is 14.0. The third kappa shape index (κ3) is 7.55. The van der Waals surface area contributed by atoms with Gasteiger partial charge in [-0.05, 0) is 60.2 Å². The summed E-state index contributed by atoms with van der Waals surface area (Å²) in [5.41, 5.74) is 2.52. The molecule has 0 amide bonds. The fourth-order valence-electron chi connectivity index (χ4n) is 4.69. The molecule has 5 rings (SSSR count). The van der Waals surface area contributed by atoms with E-state index >= 15 is 8.78 Å². The molecule has 0 saturated carbocycles. The molecule has 3 heterocycles. The number of nitrogens with zero attached hydrogens (tertiary/aromatic N) is 2. The van der Waals surface area contributed by atoms with E-state index < -0.39 is 5.92 Å². The molecular formula is C33H36F2N4OS. The Bertz CT molecular complexity index is 1490. The van der Waals surface area contributed by atoms with Crippen molar-refractivity contribution in [2.75, 3.05) is 23.2 Å². The van der Waals surface area contributed by atoms with Gasteiger partial charge in [0.2, 0.25) is 0 Å². The Morgan fingerprint density at radius 2 is 1.68 bits per heavy atom. The summed E-state index contributed by atoms with van der Waals surface area (Å²) in [5.74, 6) is -0.959. The van der Waals surface area contributed by atoms with Gasteiger partial charge in [-0.3, -0.25) is 0 Å². The molecule has 41 heavy (non-hydrogen) atoms. The van der Waals surface area contributed by atoms with E-state index in [1.165, 1.54) is 18.0 Å². The molecule has 4 bridgehead atoms. The van der Waals surface area contributed by atoms with Crippen molar-refractivity contribution in [1.82, 2.24) is 9.97 Å². The summed E-state index contributed by atoms with van der Waals surface area (Å²) in [6.45, 7) is 7.59. The monoisotopic (exact) mass is 574 g/mol. The van der Waals surface area contributed by atoms with Crippen LogP contribution < -0.4 is 14.8 Å². The summed E-state index contributed by atoms with van der Waals surface area (Å²) in [6, 6.07) is 24.1. The number of hydrogen-bond acceptors (Lipinski definition) is 6. The van der Waals surface area contributed by atoms with Crippen molar-refractivity contribution >= 4 is 23.6 Å². The van der Waals surface area contributed by atoms with Gasteiger partial charge < -0.3 is 14.8 Å². The first-order chi connectivity index (χ1) is 19.7. The normalized spacial score (nSPS) is 15.5. The maximum absolute atomic E-state index is 15.8. The molecule has 214 valence electrons. The Labute approximate surface area is 245 Å². The summed E-state index contributed by atoms with van der Waals surface area (Å²) in [6.07, 6.45) is 1.68. The predicted octanol–water partition coefficient (Wildman–Crippen LogP) is 9.43. The average molecular weight is 575 g/mol. The molecule has 0 radical (unpaired) electrons. The number of aromatic nitrogens is 2. The van der Waals surface area contributed by atoms with Crippen molar-refractivity contribution in [1.29, 1.82) is 0 Å². The molecule has 0 unspecified atom stereocenters. The van der Waals surface area contributed by atoms with Crippen molar-refractivity contribution in [3.63, 3.8) is 0 Å². The molecule has 0 spiro atoms. The number of ether oxygens (including phenoxy) is 1.